The first-order valence-corrected chi connectivity index (χ1v) is 7.97. The summed E-state index contributed by atoms with van der Waals surface area (Å²) >= 11 is 12.0. The summed E-state index contributed by atoms with van der Waals surface area (Å²) in [4.78, 5) is 26.0. The van der Waals surface area contributed by atoms with Crippen molar-refractivity contribution in [3.8, 4) is 5.75 Å². The van der Waals surface area contributed by atoms with Crippen LogP contribution < -0.4 is 15.0 Å². The number of imide groups is 1. The van der Waals surface area contributed by atoms with Crippen LogP contribution in [0.1, 0.15) is 6.42 Å². The van der Waals surface area contributed by atoms with Crippen LogP contribution >= 0.6 is 23.2 Å². The number of amides is 2. The molecule has 0 saturated carbocycles. The van der Waals surface area contributed by atoms with E-state index < -0.39 is 6.04 Å². The molecule has 0 aromatic heterocycles. The molecule has 0 radical (unpaired) electrons. The van der Waals surface area contributed by atoms with Gasteiger partial charge in [0.05, 0.1) is 24.2 Å². The van der Waals surface area contributed by atoms with E-state index in [1.54, 1.807) is 42.5 Å². The van der Waals surface area contributed by atoms with Crippen LogP contribution in [0.25, 0.3) is 0 Å². The van der Waals surface area contributed by atoms with Crippen LogP contribution in [-0.4, -0.2) is 25.0 Å². The Hall–Kier alpha value is -2.24. The topological polar surface area (TPSA) is 58.6 Å². The Balaban J connectivity index is 1.80. The van der Waals surface area contributed by atoms with Gasteiger partial charge >= 0.3 is 0 Å². The number of rotatable bonds is 4. The Kier molecular flexibility index (Phi) is 4.64. The minimum absolute atomic E-state index is 0.0645. The third-order valence-electron chi connectivity index (χ3n) is 3.71. The fourth-order valence-electron chi connectivity index (χ4n) is 2.59. The molecule has 1 aliphatic rings. The first-order valence-electron chi connectivity index (χ1n) is 7.22. The highest BCUT2D eigenvalue weighted by molar-refractivity contribution is 6.32. The van der Waals surface area contributed by atoms with Gasteiger partial charge in [-0.05, 0) is 36.4 Å². The molecule has 0 aliphatic carbocycles. The molecule has 3 rings (SSSR count). The Labute approximate surface area is 149 Å². The minimum Gasteiger partial charge on any atom is -0.495 e. The standard InChI is InChI=1S/C17H14Cl2N2O3/c1-24-15-6-5-11(8-13(15)19)20-14-9-16(22)21(17(14)23)12-4-2-3-10(18)7-12/h2-8,14,20H,9H2,1H3. The van der Waals surface area contributed by atoms with Gasteiger partial charge in [-0.1, -0.05) is 29.3 Å². The maximum atomic E-state index is 12.6. The van der Waals surface area contributed by atoms with Crippen LogP contribution in [0.2, 0.25) is 10.0 Å². The quantitative estimate of drug-likeness (QED) is 0.839. The number of nitrogens with one attached hydrogen (secondary N) is 1. The second kappa shape index (κ2) is 6.71. The van der Waals surface area contributed by atoms with Crippen LogP contribution in [0, 0.1) is 0 Å². The Bertz CT molecular complexity index is 810. The lowest BCUT2D eigenvalue weighted by molar-refractivity contribution is -0.121. The highest BCUT2D eigenvalue weighted by Crippen LogP contribution is 2.30. The van der Waals surface area contributed by atoms with E-state index in [9.17, 15) is 9.59 Å². The van der Waals surface area contributed by atoms with Crippen molar-refractivity contribution in [2.75, 3.05) is 17.3 Å². The van der Waals surface area contributed by atoms with E-state index in [0.29, 0.717) is 27.2 Å². The minimum atomic E-state index is -0.652. The van der Waals surface area contributed by atoms with E-state index in [1.165, 1.54) is 7.11 Å². The molecule has 1 saturated heterocycles. The van der Waals surface area contributed by atoms with E-state index in [-0.39, 0.29) is 18.2 Å². The molecule has 5 nitrogen and oxygen atoms in total. The Morgan fingerprint density at radius 2 is 1.96 bits per heavy atom. The maximum absolute atomic E-state index is 12.6. The van der Waals surface area contributed by atoms with Crippen LogP contribution in [0.15, 0.2) is 42.5 Å². The number of hydrogen-bond acceptors (Lipinski definition) is 4. The number of anilines is 2. The second-order valence-electron chi connectivity index (χ2n) is 5.30. The highest BCUT2D eigenvalue weighted by Gasteiger charge is 2.39. The fraction of sp³-hybridized carbons (Fsp3) is 0.176. The maximum Gasteiger partial charge on any atom is 0.256 e. The van der Waals surface area contributed by atoms with E-state index in [1.807, 2.05) is 0 Å². The van der Waals surface area contributed by atoms with Gasteiger partial charge in [-0.2, -0.15) is 0 Å². The molecule has 2 amide bonds. The molecule has 1 aliphatic heterocycles. The SMILES string of the molecule is COc1ccc(NC2CC(=O)N(c3cccc(Cl)c3)C2=O)cc1Cl. The van der Waals surface area contributed by atoms with Gasteiger partial charge in [0.2, 0.25) is 5.91 Å². The van der Waals surface area contributed by atoms with E-state index in [2.05, 4.69) is 5.32 Å². The zero-order valence-corrected chi connectivity index (χ0v) is 14.3. The number of nitrogens with zero attached hydrogens (tertiary/aromatic N) is 1. The van der Waals surface area contributed by atoms with Crippen molar-refractivity contribution in [2.24, 2.45) is 0 Å². The van der Waals surface area contributed by atoms with E-state index in [4.69, 9.17) is 27.9 Å². The monoisotopic (exact) mass is 364 g/mol. The van der Waals surface area contributed by atoms with Crippen LogP contribution in [0.4, 0.5) is 11.4 Å². The molecule has 1 unspecified atom stereocenters. The van der Waals surface area contributed by atoms with Gasteiger partial charge in [-0.15, -0.1) is 0 Å². The van der Waals surface area contributed by atoms with Crippen LogP contribution in [0.5, 0.6) is 5.75 Å². The average molecular weight is 365 g/mol. The summed E-state index contributed by atoms with van der Waals surface area (Å²) in [5.41, 5.74) is 1.11. The summed E-state index contributed by atoms with van der Waals surface area (Å²) < 4.78 is 5.09. The van der Waals surface area contributed by atoms with Gasteiger partial charge < -0.3 is 10.1 Å². The predicted molar refractivity (Wildman–Crippen MR) is 94.0 cm³/mol. The van der Waals surface area contributed by atoms with Gasteiger partial charge in [0.1, 0.15) is 11.8 Å². The number of ether oxygens (including phenoxy) is 1. The molecular formula is C17H14Cl2N2O3. The number of carbonyl (C=O) groups is 2. The zero-order chi connectivity index (χ0) is 17.3. The van der Waals surface area contributed by atoms with Gasteiger partial charge in [-0.25, -0.2) is 4.90 Å². The first kappa shape index (κ1) is 16.6. The number of methoxy groups -OCH3 is 1. The smallest absolute Gasteiger partial charge is 0.256 e. The Morgan fingerprint density at radius 3 is 2.62 bits per heavy atom. The molecule has 24 heavy (non-hydrogen) atoms. The number of halogens is 2. The van der Waals surface area contributed by atoms with Crippen molar-refractivity contribution < 1.29 is 14.3 Å². The number of benzene rings is 2. The molecule has 2 aromatic carbocycles. The van der Waals surface area contributed by atoms with Crippen molar-refractivity contribution in [3.05, 3.63) is 52.5 Å². The molecule has 1 atom stereocenters. The van der Waals surface area contributed by atoms with Crippen molar-refractivity contribution in [1.29, 1.82) is 0 Å². The third kappa shape index (κ3) is 3.18. The van der Waals surface area contributed by atoms with Gasteiger partial charge in [0, 0.05) is 10.7 Å². The van der Waals surface area contributed by atoms with Crippen molar-refractivity contribution >= 4 is 46.4 Å². The molecule has 0 spiro atoms. The lowest BCUT2D eigenvalue weighted by Crippen LogP contribution is -2.34. The van der Waals surface area contributed by atoms with Gasteiger partial charge in [0.25, 0.3) is 5.91 Å². The summed E-state index contributed by atoms with van der Waals surface area (Å²) in [5, 5.41) is 3.93. The molecule has 1 N–H and O–H groups in total. The molecule has 1 heterocycles. The van der Waals surface area contributed by atoms with Crippen LogP contribution in [0.3, 0.4) is 0 Å². The van der Waals surface area contributed by atoms with Crippen molar-refractivity contribution in [1.82, 2.24) is 0 Å². The molecule has 7 heteroatoms. The summed E-state index contributed by atoms with van der Waals surface area (Å²) in [5.74, 6) is -0.0647. The largest absolute Gasteiger partial charge is 0.495 e. The summed E-state index contributed by atoms with van der Waals surface area (Å²) in [7, 11) is 1.52. The normalized spacial score (nSPS) is 17.3. The Morgan fingerprint density at radius 1 is 1.17 bits per heavy atom. The predicted octanol–water partition coefficient (Wildman–Crippen LogP) is 3.75. The molecule has 1 fully saturated rings. The van der Waals surface area contributed by atoms with Gasteiger partial charge in [-0.3, -0.25) is 9.59 Å². The van der Waals surface area contributed by atoms with Crippen LogP contribution in [-0.2, 0) is 9.59 Å². The third-order valence-corrected chi connectivity index (χ3v) is 4.24. The van der Waals surface area contributed by atoms with E-state index in [0.717, 1.165) is 4.90 Å². The molecular weight excluding hydrogens is 351 g/mol. The second-order valence-corrected chi connectivity index (χ2v) is 6.14. The molecule has 124 valence electrons. The van der Waals surface area contributed by atoms with Crippen molar-refractivity contribution in [3.63, 3.8) is 0 Å². The van der Waals surface area contributed by atoms with E-state index >= 15 is 0 Å². The first-order chi connectivity index (χ1) is 11.5. The molecule has 2 aromatic rings. The summed E-state index contributed by atoms with van der Waals surface area (Å²) in [6.45, 7) is 0. The van der Waals surface area contributed by atoms with Crippen molar-refractivity contribution in [2.45, 2.75) is 12.5 Å². The number of hydrogen-bond donors (Lipinski definition) is 1. The lowest BCUT2D eigenvalue weighted by Gasteiger charge is -2.16. The lowest BCUT2D eigenvalue weighted by atomic mass is 10.2. The number of carbonyl (C=O) groups excluding carboxylic acids is 2. The van der Waals surface area contributed by atoms with Gasteiger partial charge in [0.15, 0.2) is 0 Å². The zero-order valence-electron chi connectivity index (χ0n) is 12.8. The molecule has 0 bridgehead atoms. The average Bonchev–Trinajstić information content (AvgIpc) is 2.81. The highest BCUT2D eigenvalue weighted by atomic mass is 35.5. The fourth-order valence-corrected chi connectivity index (χ4v) is 3.03. The summed E-state index contributed by atoms with van der Waals surface area (Å²) in [6, 6.07) is 11.1. The summed E-state index contributed by atoms with van der Waals surface area (Å²) in [6.07, 6.45) is 0.0645.